The molecule has 0 aliphatic carbocycles. The van der Waals surface area contributed by atoms with E-state index in [9.17, 15) is 4.79 Å². The molecule has 0 bridgehead atoms. The van der Waals surface area contributed by atoms with Crippen molar-refractivity contribution in [2.45, 2.75) is 6.04 Å². The Balaban J connectivity index is 2.18. The molecule has 1 aromatic heterocycles. The number of aromatic nitrogens is 1. The van der Waals surface area contributed by atoms with E-state index in [-0.39, 0.29) is 23.6 Å². The van der Waals surface area contributed by atoms with E-state index in [1.807, 2.05) is 0 Å². The van der Waals surface area contributed by atoms with E-state index in [2.05, 4.69) is 31.2 Å². The highest BCUT2D eigenvalue weighted by Crippen LogP contribution is 2.26. The quantitative estimate of drug-likeness (QED) is 0.461. The number of nitrogens with two attached hydrogens (primary N) is 3. The summed E-state index contributed by atoms with van der Waals surface area (Å²) in [5.74, 6) is 0.222. The summed E-state index contributed by atoms with van der Waals surface area (Å²) < 4.78 is 5.83. The van der Waals surface area contributed by atoms with Crippen molar-refractivity contribution in [2.75, 3.05) is 19.4 Å². The summed E-state index contributed by atoms with van der Waals surface area (Å²) in [6.07, 6.45) is 4.14. The number of nitrogen functional groups attached to an aromatic ring is 1. The van der Waals surface area contributed by atoms with E-state index in [1.54, 1.807) is 31.4 Å². The molecule has 0 saturated carbocycles. The van der Waals surface area contributed by atoms with Crippen LogP contribution in [0, 0.1) is 0 Å². The van der Waals surface area contributed by atoms with E-state index in [1.165, 1.54) is 18.6 Å². The zero-order chi connectivity index (χ0) is 20.7. The van der Waals surface area contributed by atoms with Crippen molar-refractivity contribution in [3.05, 3.63) is 63.0 Å². The summed E-state index contributed by atoms with van der Waals surface area (Å²) in [6, 6.07) is 6.38. The third kappa shape index (κ3) is 5.69. The summed E-state index contributed by atoms with van der Waals surface area (Å²) >= 11 is 9.35. The lowest BCUT2D eigenvalue weighted by Crippen LogP contribution is -2.26. The van der Waals surface area contributed by atoms with Crippen LogP contribution in [-0.4, -0.2) is 30.8 Å². The number of ether oxygens (including phenoxy) is 1. The van der Waals surface area contributed by atoms with Crippen molar-refractivity contribution in [3.63, 3.8) is 0 Å². The fourth-order valence-corrected chi connectivity index (χ4v) is 2.86. The van der Waals surface area contributed by atoms with Crippen LogP contribution in [0.2, 0.25) is 5.02 Å². The highest BCUT2D eigenvalue weighted by molar-refractivity contribution is 9.10. The van der Waals surface area contributed by atoms with Crippen LogP contribution in [0.4, 0.5) is 5.82 Å². The van der Waals surface area contributed by atoms with Gasteiger partial charge in [0.1, 0.15) is 11.6 Å². The molecule has 0 radical (unpaired) electrons. The van der Waals surface area contributed by atoms with Gasteiger partial charge in [0.15, 0.2) is 0 Å². The third-order valence-corrected chi connectivity index (χ3v) is 4.35. The van der Waals surface area contributed by atoms with E-state index in [0.717, 1.165) is 5.56 Å². The van der Waals surface area contributed by atoms with Crippen LogP contribution in [0.25, 0.3) is 0 Å². The van der Waals surface area contributed by atoms with Gasteiger partial charge in [-0.2, -0.15) is 0 Å². The number of pyridine rings is 1. The monoisotopic (exact) mass is 466 g/mol. The minimum atomic E-state index is -0.469. The summed E-state index contributed by atoms with van der Waals surface area (Å²) in [4.78, 5) is 20.8. The van der Waals surface area contributed by atoms with Crippen LogP contribution >= 0.6 is 27.5 Å². The molecule has 10 heteroatoms. The second-order valence-electron chi connectivity index (χ2n) is 5.62. The van der Waals surface area contributed by atoms with E-state index >= 15 is 0 Å². The lowest BCUT2D eigenvalue weighted by Gasteiger charge is -2.13. The molecule has 0 fully saturated rings. The number of benzene rings is 1. The van der Waals surface area contributed by atoms with Crippen molar-refractivity contribution >= 4 is 45.5 Å². The Morgan fingerprint density at radius 1 is 1.43 bits per heavy atom. The van der Waals surface area contributed by atoms with Crippen molar-refractivity contribution in [1.29, 1.82) is 0 Å². The molecule has 0 spiro atoms. The molecule has 148 valence electrons. The van der Waals surface area contributed by atoms with Gasteiger partial charge in [-0.25, -0.2) is 4.98 Å². The summed E-state index contributed by atoms with van der Waals surface area (Å²) in [7, 11) is 1.55. The van der Waals surface area contributed by atoms with Crippen LogP contribution < -0.4 is 27.3 Å². The number of anilines is 1. The number of nitrogens with zero attached hydrogens (tertiary/aromatic N) is 2. The smallest absolute Gasteiger partial charge is 0.259 e. The maximum atomic E-state index is 12.4. The van der Waals surface area contributed by atoms with Crippen LogP contribution in [0.1, 0.15) is 22.0 Å². The number of methoxy groups -OCH3 is 1. The highest BCUT2D eigenvalue weighted by Gasteiger charge is 2.14. The number of hydrogen-bond acceptors (Lipinski definition) is 7. The Labute approximate surface area is 175 Å². The highest BCUT2D eigenvalue weighted by atomic mass is 79.9. The molecule has 1 aromatic carbocycles. The molecule has 1 heterocycles. The number of amides is 1. The van der Waals surface area contributed by atoms with Crippen molar-refractivity contribution in [2.24, 2.45) is 16.5 Å². The fraction of sp³-hybridized carbons (Fsp3) is 0.167. The van der Waals surface area contributed by atoms with Gasteiger partial charge in [0.2, 0.25) is 0 Å². The molecule has 28 heavy (non-hydrogen) atoms. The van der Waals surface area contributed by atoms with Gasteiger partial charge in [0, 0.05) is 34.7 Å². The van der Waals surface area contributed by atoms with Crippen LogP contribution in [0.15, 0.2) is 51.8 Å². The number of allylic oxidation sites excluding steroid dienone is 1. The molecule has 0 saturated heterocycles. The second kappa shape index (κ2) is 10.1. The maximum Gasteiger partial charge on any atom is 0.259 e. The Morgan fingerprint density at radius 2 is 2.18 bits per heavy atom. The molecule has 8 nitrogen and oxygen atoms in total. The number of carbonyl (C=O) groups is 1. The lowest BCUT2D eigenvalue weighted by atomic mass is 10.1. The molecule has 7 N–H and O–H groups in total. The number of hydrogen-bond donors (Lipinski definition) is 4. The molecule has 2 aromatic rings. The van der Waals surface area contributed by atoms with Crippen molar-refractivity contribution < 1.29 is 9.53 Å². The Hall–Kier alpha value is -2.62. The molecule has 0 aliphatic heterocycles. The fourth-order valence-electron chi connectivity index (χ4n) is 2.30. The van der Waals surface area contributed by atoms with E-state index in [4.69, 9.17) is 33.5 Å². The van der Waals surface area contributed by atoms with Crippen LogP contribution in [0.3, 0.4) is 0 Å². The van der Waals surface area contributed by atoms with Gasteiger partial charge in [0.05, 0.1) is 24.4 Å². The Kier molecular flexibility index (Phi) is 7.80. The third-order valence-electron chi connectivity index (χ3n) is 3.70. The van der Waals surface area contributed by atoms with Gasteiger partial charge < -0.3 is 27.3 Å². The topological polar surface area (TPSA) is 142 Å². The molecule has 0 aliphatic rings. The number of rotatable bonds is 7. The number of nitrogens with one attached hydrogen (secondary N) is 1. The predicted octanol–water partition coefficient (Wildman–Crippen LogP) is 2.39. The number of carbonyl (C=O) groups excluding carboxylic acids is 1. The average molecular weight is 468 g/mol. The Morgan fingerprint density at radius 3 is 2.82 bits per heavy atom. The normalized spacial score (nSPS) is 12.8. The number of halogens is 2. The largest absolute Gasteiger partial charge is 0.497 e. The van der Waals surface area contributed by atoms with E-state index in [0.29, 0.717) is 15.2 Å². The summed E-state index contributed by atoms with van der Waals surface area (Å²) in [6.45, 7) is 0.217. The summed E-state index contributed by atoms with van der Waals surface area (Å²) in [5.41, 5.74) is 18.4. The Bertz CT molecular complexity index is 919. The van der Waals surface area contributed by atoms with Gasteiger partial charge in [0.25, 0.3) is 5.91 Å². The molecule has 1 unspecified atom stereocenters. The first-order valence-corrected chi connectivity index (χ1v) is 9.27. The first kappa shape index (κ1) is 21.7. The lowest BCUT2D eigenvalue weighted by molar-refractivity contribution is 0.0968. The van der Waals surface area contributed by atoms with Crippen LogP contribution in [-0.2, 0) is 0 Å². The molecular formula is C18H20BrClN6O2. The van der Waals surface area contributed by atoms with E-state index < -0.39 is 11.9 Å². The first-order chi connectivity index (χ1) is 13.4. The maximum absolute atomic E-state index is 12.4. The standard InChI is InChI=1S/C18H20BrClN6O2/c1-28-14-3-10(2-12(20)5-14)16(7-22)24-9-13(6-21)26-18(27)15-4-11(19)8-25-17(15)23/h2-6,8-9,16H,7,21-22H2,1H3,(H2,23,25)(H,26,27)/b13-6+,24-9?. The van der Waals surface area contributed by atoms with Gasteiger partial charge in [-0.1, -0.05) is 11.6 Å². The molecule has 1 atom stereocenters. The minimum absolute atomic E-state index is 0.0971. The minimum Gasteiger partial charge on any atom is -0.497 e. The molecule has 2 rings (SSSR count). The first-order valence-electron chi connectivity index (χ1n) is 8.10. The van der Waals surface area contributed by atoms with Crippen molar-refractivity contribution in [3.8, 4) is 5.75 Å². The van der Waals surface area contributed by atoms with Gasteiger partial charge in [-0.05, 0) is 45.8 Å². The predicted molar refractivity (Wildman–Crippen MR) is 114 cm³/mol. The molecular weight excluding hydrogens is 448 g/mol. The second-order valence-corrected chi connectivity index (χ2v) is 6.97. The number of aliphatic imine (C=N–C) groups is 1. The van der Waals surface area contributed by atoms with Gasteiger partial charge >= 0.3 is 0 Å². The summed E-state index contributed by atoms with van der Waals surface area (Å²) in [5, 5.41) is 3.13. The van der Waals surface area contributed by atoms with Gasteiger partial charge in [-0.3, -0.25) is 9.79 Å². The van der Waals surface area contributed by atoms with Crippen LogP contribution in [0.5, 0.6) is 5.75 Å². The zero-order valence-corrected chi connectivity index (χ0v) is 17.4. The molecule has 1 amide bonds. The SMILES string of the molecule is COc1cc(Cl)cc(C(CN)N=C/C(=C\N)NC(=O)c2cc(Br)cnc2N)c1. The zero-order valence-electron chi connectivity index (χ0n) is 15.0. The average Bonchev–Trinajstić information content (AvgIpc) is 2.68. The van der Waals surface area contributed by atoms with Gasteiger partial charge in [-0.15, -0.1) is 0 Å². The van der Waals surface area contributed by atoms with Crippen molar-refractivity contribution in [1.82, 2.24) is 10.3 Å².